The molecule has 25 heavy (non-hydrogen) atoms. The van der Waals surface area contributed by atoms with Crippen molar-refractivity contribution < 1.29 is 13.9 Å². The Labute approximate surface area is 152 Å². The van der Waals surface area contributed by atoms with E-state index >= 15 is 0 Å². The molecule has 0 aliphatic heterocycles. The summed E-state index contributed by atoms with van der Waals surface area (Å²) in [5.74, 6) is 1.77. The van der Waals surface area contributed by atoms with Crippen molar-refractivity contribution >= 4 is 5.96 Å². The summed E-state index contributed by atoms with van der Waals surface area (Å²) in [6, 6.07) is 3.89. The summed E-state index contributed by atoms with van der Waals surface area (Å²) >= 11 is 0. The molecular weight excluding hydrogens is 318 g/mol. The SMILES string of the molecule is CCOCCCNC(=NCC(OC)C(C)(C)C)NCCc1ccco1. The molecule has 0 amide bonds. The van der Waals surface area contributed by atoms with Crippen LogP contribution in [0.25, 0.3) is 0 Å². The highest BCUT2D eigenvalue weighted by Gasteiger charge is 2.24. The summed E-state index contributed by atoms with van der Waals surface area (Å²) < 4.78 is 16.3. The molecule has 1 atom stereocenters. The molecule has 1 aromatic rings. The van der Waals surface area contributed by atoms with Gasteiger partial charge in [-0.1, -0.05) is 20.8 Å². The molecule has 2 N–H and O–H groups in total. The number of ether oxygens (including phenoxy) is 2. The fourth-order valence-electron chi connectivity index (χ4n) is 2.33. The first-order valence-electron chi connectivity index (χ1n) is 9.12. The van der Waals surface area contributed by atoms with Crippen LogP contribution >= 0.6 is 0 Å². The summed E-state index contributed by atoms with van der Waals surface area (Å²) in [6.45, 7) is 12.2. The Kier molecular flexibility index (Phi) is 10.3. The van der Waals surface area contributed by atoms with Crippen molar-refractivity contribution in [3.63, 3.8) is 0 Å². The van der Waals surface area contributed by atoms with E-state index in [1.165, 1.54) is 0 Å². The Bertz CT molecular complexity index is 467. The predicted molar refractivity (Wildman–Crippen MR) is 102 cm³/mol. The van der Waals surface area contributed by atoms with Crippen molar-refractivity contribution in [2.24, 2.45) is 10.4 Å². The second kappa shape index (κ2) is 11.9. The first kappa shape index (κ1) is 21.5. The zero-order valence-corrected chi connectivity index (χ0v) is 16.4. The average Bonchev–Trinajstić information content (AvgIpc) is 3.06. The fraction of sp³-hybridized carbons (Fsp3) is 0.737. The zero-order valence-electron chi connectivity index (χ0n) is 16.4. The van der Waals surface area contributed by atoms with Gasteiger partial charge in [0.2, 0.25) is 0 Å². The number of hydrogen-bond acceptors (Lipinski definition) is 4. The molecule has 0 aliphatic carbocycles. The van der Waals surface area contributed by atoms with Gasteiger partial charge in [-0.25, -0.2) is 0 Å². The van der Waals surface area contributed by atoms with Crippen molar-refractivity contribution in [3.05, 3.63) is 24.2 Å². The third kappa shape index (κ3) is 9.51. The molecule has 0 bridgehead atoms. The first-order valence-corrected chi connectivity index (χ1v) is 9.12. The van der Waals surface area contributed by atoms with Gasteiger partial charge in [-0.05, 0) is 30.9 Å². The second-order valence-corrected chi connectivity index (χ2v) is 7.01. The molecule has 6 heteroatoms. The van der Waals surface area contributed by atoms with Crippen LogP contribution in [0.5, 0.6) is 0 Å². The maximum Gasteiger partial charge on any atom is 0.191 e. The lowest BCUT2D eigenvalue weighted by Crippen LogP contribution is -2.40. The number of furan rings is 1. The van der Waals surface area contributed by atoms with Crippen LogP contribution in [0.1, 0.15) is 39.9 Å². The summed E-state index contributed by atoms with van der Waals surface area (Å²) in [5.41, 5.74) is 0.0481. The van der Waals surface area contributed by atoms with Crippen LogP contribution in [0.15, 0.2) is 27.8 Å². The topological polar surface area (TPSA) is 68.0 Å². The second-order valence-electron chi connectivity index (χ2n) is 7.01. The molecule has 1 heterocycles. The average molecular weight is 354 g/mol. The monoisotopic (exact) mass is 353 g/mol. The number of guanidine groups is 1. The third-order valence-corrected chi connectivity index (χ3v) is 3.87. The van der Waals surface area contributed by atoms with Crippen molar-refractivity contribution in [3.8, 4) is 0 Å². The molecule has 0 spiro atoms. The van der Waals surface area contributed by atoms with Crippen molar-refractivity contribution in [2.45, 2.75) is 46.6 Å². The highest BCUT2D eigenvalue weighted by Crippen LogP contribution is 2.21. The standard InChI is InChI=1S/C19H35N3O3/c1-6-24-13-8-11-20-18(21-12-10-16-9-7-14-25-16)22-15-17(23-5)19(2,3)4/h7,9,14,17H,6,8,10-13,15H2,1-5H3,(H2,20,21,22). The van der Waals surface area contributed by atoms with Crippen LogP contribution < -0.4 is 10.6 Å². The van der Waals surface area contributed by atoms with Crippen LogP contribution in [0.4, 0.5) is 0 Å². The number of nitrogens with one attached hydrogen (secondary N) is 2. The Morgan fingerprint density at radius 1 is 1.28 bits per heavy atom. The third-order valence-electron chi connectivity index (χ3n) is 3.87. The number of hydrogen-bond donors (Lipinski definition) is 2. The lowest BCUT2D eigenvalue weighted by molar-refractivity contribution is 0.0241. The normalized spacial score (nSPS) is 13.7. The van der Waals surface area contributed by atoms with Crippen LogP contribution in [-0.4, -0.2) is 52.0 Å². The largest absolute Gasteiger partial charge is 0.469 e. The maximum absolute atomic E-state index is 5.59. The van der Waals surface area contributed by atoms with Crippen LogP contribution in [0.3, 0.4) is 0 Å². The first-order chi connectivity index (χ1) is 12.0. The molecule has 1 aromatic heterocycles. The van der Waals surface area contributed by atoms with Crippen molar-refractivity contribution in [1.82, 2.24) is 10.6 Å². The highest BCUT2D eigenvalue weighted by atomic mass is 16.5. The minimum absolute atomic E-state index is 0.0481. The summed E-state index contributed by atoms with van der Waals surface area (Å²) in [7, 11) is 1.74. The Morgan fingerprint density at radius 2 is 2.04 bits per heavy atom. The number of methoxy groups -OCH3 is 1. The predicted octanol–water partition coefficient (Wildman–Crippen LogP) is 2.85. The fourth-order valence-corrected chi connectivity index (χ4v) is 2.33. The highest BCUT2D eigenvalue weighted by molar-refractivity contribution is 5.79. The van der Waals surface area contributed by atoms with E-state index in [1.54, 1.807) is 13.4 Å². The molecule has 0 aromatic carbocycles. The molecule has 0 aliphatic rings. The van der Waals surface area contributed by atoms with Gasteiger partial charge >= 0.3 is 0 Å². The van der Waals surface area contributed by atoms with Gasteiger partial charge in [0.1, 0.15) is 5.76 Å². The molecule has 0 saturated carbocycles. The number of aliphatic imine (C=N–C) groups is 1. The van der Waals surface area contributed by atoms with Crippen molar-refractivity contribution in [1.29, 1.82) is 0 Å². The molecule has 6 nitrogen and oxygen atoms in total. The number of rotatable bonds is 11. The smallest absolute Gasteiger partial charge is 0.191 e. The van der Waals surface area contributed by atoms with Gasteiger partial charge in [0.05, 0.1) is 18.9 Å². The van der Waals surface area contributed by atoms with E-state index in [9.17, 15) is 0 Å². The Morgan fingerprint density at radius 3 is 2.64 bits per heavy atom. The molecule has 0 saturated heterocycles. The van der Waals surface area contributed by atoms with Crippen molar-refractivity contribution in [2.75, 3.05) is 40.0 Å². The molecule has 1 rings (SSSR count). The Hall–Kier alpha value is -1.53. The van der Waals surface area contributed by atoms with E-state index in [2.05, 4.69) is 31.4 Å². The summed E-state index contributed by atoms with van der Waals surface area (Å²) in [5, 5.41) is 6.72. The lowest BCUT2D eigenvalue weighted by atomic mass is 9.89. The van der Waals surface area contributed by atoms with E-state index in [0.717, 1.165) is 50.9 Å². The van der Waals surface area contributed by atoms with Gasteiger partial charge in [0.25, 0.3) is 0 Å². The molecule has 1 unspecified atom stereocenters. The van der Waals surface area contributed by atoms with Crippen LogP contribution in [0.2, 0.25) is 0 Å². The van der Waals surface area contributed by atoms with Gasteiger partial charge in [0.15, 0.2) is 5.96 Å². The summed E-state index contributed by atoms with van der Waals surface area (Å²) in [6.07, 6.45) is 3.53. The summed E-state index contributed by atoms with van der Waals surface area (Å²) in [4.78, 5) is 4.70. The van der Waals surface area contributed by atoms with Crippen LogP contribution in [0, 0.1) is 5.41 Å². The van der Waals surface area contributed by atoms with Gasteiger partial charge in [-0.2, -0.15) is 0 Å². The zero-order chi connectivity index (χ0) is 18.5. The van der Waals surface area contributed by atoms with E-state index in [1.807, 2.05) is 19.1 Å². The van der Waals surface area contributed by atoms with Gasteiger partial charge in [-0.3, -0.25) is 4.99 Å². The van der Waals surface area contributed by atoms with E-state index in [4.69, 9.17) is 18.9 Å². The van der Waals surface area contributed by atoms with Gasteiger partial charge in [0, 0.05) is 39.8 Å². The minimum Gasteiger partial charge on any atom is -0.469 e. The quantitative estimate of drug-likeness (QED) is 0.364. The molecular formula is C19H35N3O3. The molecule has 0 fully saturated rings. The van der Waals surface area contributed by atoms with E-state index in [-0.39, 0.29) is 11.5 Å². The number of nitrogens with zero attached hydrogens (tertiary/aromatic N) is 1. The van der Waals surface area contributed by atoms with Gasteiger partial charge in [-0.15, -0.1) is 0 Å². The van der Waals surface area contributed by atoms with E-state index in [0.29, 0.717) is 6.54 Å². The minimum atomic E-state index is 0.0481. The molecule has 144 valence electrons. The lowest BCUT2D eigenvalue weighted by Gasteiger charge is -2.28. The van der Waals surface area contributed by atoms with Gasteiger partial charge < -0.3 is 24.5 Å². The van der Waals surface area contributed by atoms with E-state index < -0.39 is 0 Å². The molecule has 0 radical (unpaired) electrons. The maximum atomic E-state index is 5.59. The Balaban J connectivity index is 2.51. The van der Waals surface area contributed by atoms with Crippen LogP contribution in [-0.2, 0) is 15.9 Å².